The lowest BCUT2D eigenvalue weighted by molar-refractivity contribution is -0.129. The molecule has 0 fully saturated rings. The van der Waals surface area contributed by atoms with Gasteiger partial charge in [-0.3, -0.25) is 4.79 Å². The van der Waals surface area contributed by atoms with Crippen molar-refractivity contribution in [2.75, 3.05) is 5.73 Å². The predicted molar refractivity (Wildman–Crippen MR) is 44.3 cm³/mol. The van der Waals surface area contributed by atoms with Crippen molar-refractivity contribution in [3.8, 4) is 0 Å². The Morgan fingerprint density at radius 3 is 3.00 bits per heavy atom. The van der Waals surface area contributed by atoms with Crippen LogP contribution in [0.25, 0.3) is 0 Å². The van der Waals surface area contributed by atoms with E-state index in [-0.39, 0.29) is 6.61 Å². The van der Waals surface area contributed by atoms with E-state index in [9.17, 15) is 4.79 Å². The van der Waals surface area contributed by atoms with Crippen molar-refractivity contribution in [3.05, 3.63) is 15.8 Å². The zero-order valence-electron chi connectivity index (χ0n) is 6.16. The SMILES string of the molecule is Cc1scc(COC=O)c1N. The number of carbonyl (C=O) groups is 1. The van der Waals surface area contributed by atoms with Crippen LogP contribution < -0.4 is 5.73 Å². The standard InChI is InChI=1S/C7H9NO2S/c1-5-7(8)6(3-11-5)2-10-4-9/h3-4H,2,8H2,1H3. The van der Waals surface area contributed by atoms with E-state index in [1.807, 2.05) is 12.3 Å². The fraction of sp³-hybridized carbons (Fsp3) is 0.286. The number of hydrogen-bond donors (Lipinski definition) is 1. The molecule has 4 heteroatoms. The molecule has 1 aromatic rings. The Labute approximate surface area is 68.8 Å². The van der Waals surface area contributed by atoms with Crippen LogP contribution in [0, 0.1) is 6.92 Å². The van der Waals surface area contributed by atoms with Gasteiger partial charge in [0.05, 0.1) is 5.69 Å². The quantitative estimate of drug-likeness (QED) is 0.697. The molecular weight excluding hydrogens is 162 g/mol. The number of rotatable bonds is 3. The van der Waals surface area contributed by atoms with E-state index in [2.05, 4.69) is 4.74 Å². The summed E-state index contributed by atoms with van der Waals surface area (Å²) in [4.78, 5) is 10.9. The fourth-order valence-electron chi connectivity index (χ4n) is 0.748. The zero-order valence-corrected chi connectivity index (χ0v) is 6.98. The minimum Gasteiger partial charge on any atom is -0.463 e. The molecule has 0 unspecified atom stereocenters. The lowest BCUT2D eigenvalue weighted by Crippen LogP contribution is -1.94. The average Bonchev–Trinajstić information content (AvgIpc) is 2.31. The van der Waals surface area contributed by atoms with E-state index in [1.165, 1.54) is 0 Å². The first-order valence-corrected chi connectivity index (χ1v) is 4.01. The smallest absolute Gasteiger partial charge is 0.293 e. The first-order valence-electron chi connectivity index (χ1n) is 3.13. The zero-order chi connectivity index (χ0) is 8.27. The van der Waals surface area contributed by atoms with Crippen LogP contribution in [0.3, 0.4) is 0 Å². The fourth-order valence-corrected chi connectivity index (χ4v) is 1.52. The van der Waals surface area contributed by atoms with Crippen molar-refractivity contribution >= 4 is 23.5 Å². The molecule has 0 atom stereocenters. The second-order valence-corrected chi connectivity index (χ2v) is 3.22. The maximum atomic E-state index is 9.84. The van der Waals surface area contributed by atoms with Crippen molar-refractivity contribution in [3.63, 3.8) is 0 Å². The second kappa shape index (κ2) is 3.39. The van der Waals surface area contributed by atoms with E-state index in [0.29, 0.717) is 6.47 Å². The predicted octanol–water partition coefficient (Wildman–Crippen LogP) is 1.31. The van der Waals surface area contributed by atoms with Gasteiger partial charge in [-0.15, -0.1) is 11.3 Å². The maximum absolute atomic E-state index is 9.84. The highest BCUT2D eigenvalue weighted by molar-refractivity contribution is 7.10. The van der Waals surface area contributed by atoms with Crippen LogP contribution in [0.2, 0.25) is 0 Å². The van der Waals surface area contributed by atoms with Crippen molar-refractivity contribution in [2.45, 2.75) is 13.5 Å². The van der Waals surface area contributed by atoms with Gasteiger partial charge in [-0.1, -0.05) is 0 Å². The van der Waals surface area contributed by atoms with Crippen molar-refractivity contribution in [2.24, 2.45) is 0 Å². The van der Waals surface area contributed by atoms with E-state index < -0.39 is 0 Å². The molecule has 1 aromatic heterocycles. The number of aryl methyl sites for hydroxylation is 1. The number of anilines is 1. The largest absolute Gasteiger partial charge is 0.463 e. The molecule has 0 amide bonds. The van der Waals surface area contributed by atoms with Gasteiger partial charge in [-0.2, -0.15) is 0 Å². The maximum Gasteiger partial charge on any atom is 0.293 e. The van der Waals surface area contributed by atoms with E-state index in [4.69, 9.17) is 5.73 Å². The average molecular weight is 171 g/mol. The summed E-state index contributed by atoms with van der Waals surface area (Å²) in [6.45, 7) is 2.64. The molecule has 0 aliphatic rings. The number of nitrogen functional groups attached to an aromatic ring is 1. The van der Waals surface area contributed by atoms with Crippen LogP contribution in [0.15, 0.2) is 5.38 Å². The first-order chi connectivity index (χ1) is 5.25. The van der Waals surface area contributed by atoms with Crippen LogP contribution in [0.1, 0.15) is 10.4 Å². The van der Waals surface area contributed by atoms with Gasteiger partial charge in [-0.05, 0) is 12.3 Å². The molecule has 0 saturated heterocycles. The molecule has 60 valence electrons. The third-order valence-corrected chi connectivity index (χ3v) is 2.39. The Bertz CT molecular complexity index is 257. The third kappa shape index (κ3) is 1.71. The highest BCUT2D eigenvalue weighted by atomic mass is 32.1. The van der Waals surface area contributed by atoms with Crippen molar-refractivity contribution in [1.82, 2.24) is 0 Å². The Morgan fingerprint density at radius 2 is 2.55 bits per heavy atom. The molecule has 0 bridgehead atoms. The highest BCUT2D eigenvalue weighted by Crippen LogP contribution is 2.24. The molecule has 11 heavy (non-hydrogen) atoms. The van der Waals surface area contributed by atoms with Gasteiger partial charge in [0, 0.05) is 10.4 Å². The summed E-state index contributed by atoms with van der Waals surface area (Å²) in [5, 5.41) is 1.90. The van der Waals surface area contributed by atoms with Crippen LogP contribution in [-0.2, 0) is 16.1 Å². The number of carbonyl (C=O) groups excluding carboxylic acids is 1. The van der Waals surface area contributed by atoms with Gasteiger partial charge in [-0.25, -0.2) is 0 Å². The van der Waals surface area contributed by atoms with Crippen LogP contribution in [0.5, 0.6) is 0 Å². The van der Waals surface area contributed by atoms with Gasteiger partial charge in [0.25, 0.3) is 6.47 Å². The summed E-state index contributed by atoms with van der Waals surface area (Å²) in [5.74, 6) is 0. The summed E-state index contributed by atoms with van der Waals surface area (Å²) in [7, 11) is 0. The summed E-state index contributed by atoms with van der Waals surface area (Å²) in [6, 6.07) is 0. The van der Waals surface area contributed by atoms with E-state index in [1.54, 1.807) is 11.3 Å². The van der Waals surface area contributed by atoms with Gasteiger partial charge < -0.3 is 10.5 Å². The van der Waals surface area contributed by atoms with Crippen LogP contribution in [0.4, 0.5) is 5.69 Å². The summed E-state index contributed by atoms with van der Waals surface area (Å²) in [5.41, 5.74) is 7.28. The van der Waals surface area contributed by atoms with Crippen LogP contribution in [-0.4, -0.2) is 6.47 Å². The molecular formula is C7H9NO2S. The van der Waals surface area contributed by atoms with Gasteiger partial charge in [0.15, 0.2) is 0 Å². The van der Waals surface area contributed by atoms with Crippen LogP contribution >= 0.6 is 11.3 Å². The molecule has 2 N–H and O–H groups in total. The number of ether oxygens (including phenoxy) is 1. The normalized spacial score (nSPS) is 9.55. The minimum absolute atomic E-state index is 0.277. The Kier molecular flexibility index (Phi) is 2.48. The number of nitrogens with two attached hydrogens (primary N) is 1. The first kappa shape index (κ1) is 8.07. The van der Waals surface area contributed by atoms with E-state index in [0.717, 1.165) is 16.1 Å². The second-order valence-electron chi connectivity index (χ2n) is 2.14. The number of hydrogen-bond acceptors (Lipinski definition) is 4. The molecule has 0 aliphatic carbocycles. The third-order valence-electron chi connectivity index (χ3n) is 1.41. The Balaban J connectivity index is 2.70. The highest BCUT2D eigenvalue weighted by Gasteiger charge is 2.03. The van der Waals surface area contributed by atoms with Gasteiger partial charge >= 0.3 is 0 Å². The molecule has 1 rings (SSSR count). The lowest BCUT2D eigenvalue weighted by atomic mass is 10.3. The van der Waals surface area contributed by atoms with Crippen molar-refractivity contribution in [1.29, 1.82) is 0 Å². The van der Waals surface area contributed by atoms with Gasteiger partial charge in [0.1, 0.15) is 6.61 Å². The number of thiophene rings is 1. The lowest BCUT2D eigenvalue weighted by Gasteiger charge is -1.96. The molecule has 0 radical (unpaired) electrons. The summed E-state index contributed by atoms with van der Waals surface area (Å²) < 4.78 is 4.56. The molecule has 0 aliphatic heterocycles. The summed E-state index contributed by atoms with van der Waals surface area (Å²) in [6.07, 6.45) is 0. The van der Waals surface area contributed by atoms with E-state index >= 15 is 0 Å². The van der Waals surface area contributed by atoms with Gasteiger partial charge in [0.2, 0.25) is 0 Å². The molecule has 3 nitrogen and oxygen atoms in total. The minimum atomic E-state index is 0.277. The van der Waals surface area contributed by atoms with Crippen molar-refractivity contribution < 1.29 is 9.53 Å². The monoisotopic (exact) mass is 171 g/mol. The Morgan fingerprint density at radius 1 is 1.82 bits per heavy atom. The molecule has 0 spiro atoms. The summed E-state index contributed by atoms with van der Waals surface area (Å²) >= 11 is 1.56. The topological polar surface area (TPSA) is 52.3 Å². The Hall–Kier alpha value is -1.03. The molecule has 0 saturated carbocycles. The molecule has 0 aromatic carbocycles. The molecule has 1 heterocycles.